The number of aromatic nitrogens is 1. The van der Waals surface area contributed by atoms with Crippen LogP contribution in [-0.4, -0.2) is 22.7 Å². The molecule has 1 heterocycles. The van der Waals surface area contributed by atoms with Crippen LogP contribution in [0, 0.1) is 5.82 Å². The molecule has 0 amide bonds. The molecule has 6 heteroatoms. The first-order chi connectivity index (χ1) is 11.5. The molecule has 0 saturated heterocycles. The van der Waals surface area contributed by atoms with Gasteiger partial charge in [0.25, 0.3) is 0 Å². The number of benzene rings is 2. The summed E-state index contributed by atoms with van der Waals surface area (Å²) in [5.41, 5.74) is 1.48. The van der Waals surface area contributed by atoms with Crippen molar-refractivity contribution < 1.29 is 19.0 Å². The van der Waals surface area contributed by atoms with Crippen LogP contribution in [0.1, 0.15) is 17.3 Å². The number of nitrogens with zero attached hydrogens (tertiary/aromatic N) is 1. The molecule has 0 aliphatic carbocycles. The highest BCUT2D eigenvalue weighted by Gasteiger charge is 2.15. The topological polar surface area (TPSA) is 59.4 Å². The van der Waals surface area contributed by atoms with Gasteiger partial charge in [-0.3, -0.25) is 0 Å². The maximum Gasteiger partial charge on any atom is 0.336 e. The fraction of sp³-hybridized carbons (Fsp3) is 0.111. The third kappa shape index (κ3) is 3.03. The highest BCUT2D eigenvalue weighted by atomic mass is 35.5. The van der Waals surface area contributed by atoms with Crippen LogP contribution in [0.2, 0.25) is 5.02 Å². The lowest BCUT2D eigenvalue weighted by Crippen LogP contribution is -2.01. The minimum atomic E-state index is -1.16. The third-order valence-corrected chi connectivity index (χ3v) is 3.83. The van der Waals surface area contributed by atoms with Gasteiger partial charge in [-0.2, -0.15) is 0 Å². The fourth-order valence-corrected chi connectivity index (χ4v) is 2.59. The molecule has 0 aliphatic heterocycles. The predicted molar refractivity (Wildman–Crippen MR) is 90.3 cm³/mol. The zero-order chi connectivity index (χ0) is 17.3. The Hall–Kier alpha value is -2.66. The zero-order valence-corrected chi connectivity index (χ0v) is 13.5. The smallest absolute Gasteiger partial charge is 0.336 e. The summed E-state index contributed by atoms with van der Waals surface area (Å²) >= 11 is 5.79. The number of carboxylic acid groups (broad SMARTS) is 1. The predicted octanol–water partition coefficient (Wildman–Crippen LogP) is 4.79. The van der Waals surface area contributed by atoms with E-state index in [1.54, 1.807) is 24.3 Å². The number of ether oxygens (including phenoxy) is 1. The van der Waals surface area contributed by atoms with Crippen molar-refractivity contribution in [1.82, 2.24) is 4.98 Å². The van der Waals surface area contributed by atoms with Crippen molar-refractivity contribution >= 4 is 28.5 Å². The van der Waals surface area contributed by atoms with E-state index in [0.717, 1.165) is 11.6 Å². The quantitative estimate of drug-likeness (QED) is 0.738. The first-order valence-corrected chi connectivity index (χ1v) is 7.63. The standard InChI is InChI=1S/C18H13ClFNO3/c1-2-24-11-5-3-10(4-6-11)16-8-13(18(22)23)12-7-15(20)14(19)9-17(12)21-16/h3-9H,2H2,1H3,(H,22,23). The van der Waals surface area contributed by atoms with E-state index < -0.39 is 11.8 Å². The van der Waals surface area contributed by atoms with Gasteiger partial charge in [0, 0.05) is 10.9 Å². The second-order valence-corrected chi connectivity index (χ2v) is 5.51. The van der Waals surface area contributed by atoms with Crippen LogP contribution in [0.4, 0.5) is 4.39 Å². The van der Waals surface area contributed by atoms with Gasteiger partial charge in [-0.15, -0.1) is 0 Å². The first-order valence-electron chi connectivity index (χ1n) is 7.26. The van der Waals surface area contributed by atoms with E-state index >= 15 is 0 Å². The molecule has 0 bridgehead atoms. The average molecular weight is 346 g/mol. The van der Waals surface area contributed by atoms with Gasteiger partial charge >= 0.3 is 5.97 Å². The van der Waals surface area contributed by atoms with Crippen molar-refractivity contribution in [2.75, 3.05) is 6.61 Å². The molecule has 0 radical (unpaired) electrons. The molecule has 3 aromatic rings. The average Bonchev–Trinajstić information content (AvgIpc) is 2.56. The summed E-state index contributed by atoms with van der Waals surface area (Å²) in [6.45, 7) is 2.45. The van der Waals surface area contributed by atoms with E-state index in [4.69, 9.17) is 16.3 Å². The normalized spacial score (nSPS) is 10.8. The molecule has 122 valence electrons. The maximum absolute atomic E-state index is 13.7. The second-order valence-electron chi connectivity index (χ2n) is 5.10. The van der Waals surface area contributed by atoms with Gasteiger partial charge < -0.3 is 9.84 Å². The molecule has 4 nitrogen and oxygen atoms in total. The molecule has 0 unspecified atom stereocenters. The molecule has 0 spiro atoms. The van der Waals surface area contributed by atoms with Gasteiger partial charge in [0.05, 0.1) is 28.4 Å². The Morgan fingerprint density at radius 1 is 1.25 bits per heavy atom. The Bertz CT molecular complexity index is 926. The highest BCUT2D eigenvalue weighted by Crippen LogP contribution is 2.29. The van der Waals surface area contributed by atoms with Crippen LogP contribution < -0.4 is 4.74 Å². The minimum absolute atomic E-state index is 0.0283. The van der Waals surface area contributed by atoms with Gasteiger partial charge in [-0.1, -0.05) is 11.6 Å². The van der Waals surface area contributed by atoms with Crippen molar-refractivity contribution in [3.05, 3.63) is 58.9 Å². The number of rotatable bonds is 4. The van der Waals surface area contributed by atoms with Crippen LogP contribution in [0.15, 0.2) is 42.5 Å². The minimum Gasteiger partial charge on any atom is -0.494 e. The van der Waals surface area contributed by atoms with Crippen molar-refractivity contribution in [1.29, 1.82) is 0 Å². The van der Waals surface area contributed by atoms with Crippen molar-refractivity contribution in [3.63, 3.8) is 0 Å². The molecule has 1 aromatic heterocycles. The molecule has 0 fully saturated rings. The lowest BCUT2D eigenvalue weighted by atomic mass is 10.0. The Morgan fingerprint density at radius 2 is 1.96 bits per heavy atom. The van der Waals surface area contributed by atoms with Crippen LogP contribution in [0.25, 0.3) is 22.2 Å². The SMILES string of the molecule is CCOc1ccc(-c2cc(C(=O)O)c3cc(F)c(Cl)cc3n2)cc1. The lowest BCUT2D eigenvalue weighted by Gasteiger charge is -2.09. The summed E-state index contributed by atoms with van der Waals surface area (Å²) in [7, 11) is 0. The summed E-state index contributed by atoms with van der Waals surface area (Å²) in [6.07, 6.45) is 0. The molecule has 0 saturated carbocycles. The number of fused-ring (bicyclic) bond motifs is 1. The van der Waals surface area contributed by atoms with Crippen molar-refractivity contribution in [3.8, 4) is 17.0 Å². The van der Waals surface area contributed by atoms with Gasteiger partial charge in [0.15, 0.2) is 0 Å². The number of hydrogen-bond acceptors (Lipinski definition) is 3. The fourth-order valence-electron chi connectivity index (χ4n) is 2.43. The van der Waals surface area contributed by atoms with E-state index in [1.807, 2.05) is 6.92 Å². The Morgan fingerprint density at radius 3 is 2.58 bits per heavy atom. The molecular formula is C18H13ClFNO3. The van der Waals surface area contributed by atoms with E-state index in [2.05, 4.69) is 4.98 Å². The van der Waals surface area contributed by atoms with Crippen LogP contribution in [0.3, 0.4) is 0 Å². The van der Waals surface area contributed by atoms with Gasteiger partial charge in [0.1, 0.15) is 11.6 Å². The van der Waals surface area contributed by atoms with Gasteiger partial charge in [-0.25, -0.2) is 14.2 Å². The molecule has 0 atom stereocenters. The van der Waals surface area contributed by atoms with E-state index in [9.17, 15) is 14.3 Å². The summed E-state index contributed by atoms with van der Waals surface area (Å²) in [5.74, 6) is -1.12. The third-order valence-electron chi connectivity index (χ3n) is 3.54. The largest absolute Gasteiger partial charge is 0.494 e. The van der Waals surface area contributed by atoms with Gasteiger partial charge in [0.2, 0.25) is 0 Å². The van der Waals surface area contributed by atoms with Crippen LogP contribution in [-0.2, 0) is 0 Å². The number of carbonyl (C=O) groups is 1. The number of pyridine rings is 1. The van der Waals surface area contributed by atoms with Crippen LogP contribution >= 0.6 is 11.6 Å². The number of aromatic carboxylic acids is 1. The van der Waals surface area contributed by atoms with Gasteiger partial charge in [-0.05, 0) is 49.4 Å². The molecule has 3 rings (SSSR count). The monoisotopic (exact) mass is 345 g/mol. The number of halogens is 2. The summed E-state index contributed by atoms with van der Waals surface area (Å²) in [5, 5.41) is 9.53. The second kappa shape index (κ2) is 6.45. The first kappa shape index (κ1) is 16.2. The Balaban J connectivity index is 2.18. The maximum atomic E-state index is 13.7. The Kier molecular flexibility index (Phi) is 4.36. The zero-order valence-electron chi connectivity index (χ0n) is 12.7. The summed E-state index contributed by atoms with van der Waals surface area (Å²) < 4.78 is 19.1. The lowest BCUT2D eigenvalue weighted by molar-refractivity contribution is 0.0699. The number of hydrogen-bond donors (Lipinski definition) is 1. The van der Waals surface area contributed by atoms with Crippen LogP contribution in [0.5, 0.6) is 5.75 Å². The highest BCUT2D eigenvalue weighted by molar-refractivity contribution is 6.31. The molecule has 2 aromatic carbocycles. The van der Waals surface area contributed by atoms with E-state index in [0.29, 0.717) is 23.6 Å². The molecular weight excluding hydrogens is 333 g/mol. The number of carboxylic acids is 1. The van der Waals surface area contributed by atoms with E-state index in [-0.39, 0.29) is 16.0 Å². The molecule has 0 aliphatic rings. The molecule has 24 heavy (non-hydrogen) atoms. The summed E-state index contributed by atoms with van der Waals surface area (Å²) in [4.78, 5) is 15.9. The molecule has 1 N–H and O–H groups in total. The van der Waals surface area contributed by atoms with E-state index in [1.165, 1.54) is 12.1 Å². The van der Waals surface area contributed by atoms with Crippen molar-refractivity contribution in [2.24, 2.45) is 0 Å². The van der Waals surface area contributed by atoms with Crippen molar-refractivity contribution in [2.45, 2.75) is 6.92 Å². The summed E-state index contributed by atoms with van der Waals surface area (Å²) in [6, 6.07) is 11.0. The Labute approximate surface area is 142 Å².